The molecule has 0 aliphatic carbocycles. The summed E-state index contributed by atoms with van der Waals surface area (Å²) >= 11 is 1.42. The van der Waals surface area contributed by atoms with Crippen molar-refractivity contribution in [2.24, 2.45) is 0 Å². The summed E-state index contributed by atoms with van der Waals surface area (Å²) in [5, 5.41) is 16.9. The van der Waals surface area contributed by atoms with E-state index in [2.05, 4.69) is 22.4 Å². The number of amides is 1. The highest BCUT2D eigenvalue weighted by Gasteiger charge is 2.18. The van der Waals surface area contributed by atoms with E-state index in [-0.39, 0.29) is 18.6 Å². The Bertz CT molecular complexity index is 708. The third-order valence-electron chi connectivity index (χ3n) is 4.12. The smallest absolute Gasteiger partial charge is 0.263 e. The molecule has 0 saturated carbocycles. The Kier molecular flexibility index (Phi) is 7.13. The Morgan fingerprint density at radius 1 is 1.32 bits per heavy atom. The Labute approximate surface area is 152 Å². The highest BCUT2D eigenvalue weighted by Crippen LogP contribution is 2.22. The van der Waals surface area contributed by atoms with Crippen LogP contribution in [0, 0.1) is 13.8 Å². The number of nitrogens with zero attached hydrogens (tertiary/aromatic N) is 2. The normalized spacial score (nSPS) is 12.4. The molecule has 138 valence electrons. The topological polar surface area (TPSA) is 88.2 Å². The zero-order valence-electron chi connectivity index (χ0n) is 15.4. The first-order chi connectivity index (χ1) is 12.0. The van der Waals surface area contributed by atoms with Crippen molar-refractivity contribution in [1.29, 1.82) is 0 Å². The Hall–Kier alpha value is -1.73. The monoisotopic (exact) mass is 365 g/mol. The maximum atomic E-state index is 12.2. The van der Waals surface area contributed by atoms with E-state index in [4.69, 9.17) is 9.63 Å². The van der Waals surface area contributed by atoms with Crippen LogP contribution >= 0.6 is 11.3 Å². The number of unbranched alkanes of at least 4 members (excludes halogenated alkanes) is 1. The maximum Gasteiger partial charge on any atom is 0.263 e. The van der Waals surface area contributed by atoms with Crippen LogP contribution in [0.25, 0.3) is 0 Å². The molecule has 2 rings (SSSR count). The minimum Gasteiger partial charge on any atom is -0.394 e. The van der Waals surface area contributed by atoms with E-state index >= 15 is 0 Å². The maximum absolute atomic E-state index is 12.2. The van der Waals surface area contributed by atoms with Crippen molar-refractivity contribution >= 4 is 17.2 Å². The number of aryl methyl sites for hydroxylation is 4. The van der Waals surface area contributed by atoms with E-state index in [0.717, 1.165) is 54.3 Å². The molecule has 0 bridgehead atoms. The van der Waals surface area contributed by atoms with Crippen LogP contribution in [0.4, 0.5) is 0 Å². The summed E-state index contributed by atoms with van der Waals surface area (Å²) in [6.07, 6.45) is 4.74. The number of hydrogen-bond acceptors (Lipinski definition) is 6. The molecule has 1 atom stereocenters. The second kappa shape index (κ2) is 9.10. The summed E-state index contributed by atoms with van der Waals surface area (Å²) < 4.78 is 5.35. The molecule has 25 heavy (non-hydrogen) atoms. The molecule has 2 N–H and O–H groups in total. The third kappa shape index (κ3) is 5.12. The number of carbonyl (C=O) groups is 1. The van der Waals surface area contributed by atoms with E-state index in [0.29, 0.717) is 4.88 Å². The van der Waals surface area contributed by atoms with Gasteiger partial charge in [-0.3, -0.25) is 4.79 Å². The van der Waals surface area contributed by atoms with Gasteiger partial charge in [0.05, 0.1) is 23.0 Å². The minimum absolute atomic E-state index is 0.0796. The average molecular weight is 365 g/mol. The van der Waals surface area contributed by atoms with Crippen molar-refractivity contribution in [2.75, 3.05) is 6.61 Å². The summed E-state index contributed by atoms with van der Waals surface area (Å²) in [6, 6.07) is -0.266. The summed E-state index contributed by atoms with van der Waals surface area (Å²) in [7, 11) is 0. The molecule has 2 aromatic rings. The predicted molar refractivity (Wildman–Crippen MR) is 98.1 cm³/mol. The van der Waals surface area contributed by atoms with Crippen molar-refractivity contribution in [2.45, 2.75) is 65.8 Å². The van der Waals surface area contributed by atoms with Gasteiger partial charge in [0.25, 0.3) is 5.91 Å². The fourth-order valence-corrected chi connectivity index (χ4v) is 3.60. The van der Waals surface area contributed by atoms with Crippen LogP contribution in [0.15, 0.2) is 4.52 Å². The molecule has 0 aliphatic rings. The van der Waals surface area contributed by atoms with E-state index in [1.54, 1.807) is 6.92 Å². The van der Waals surface area contributed by atoms with Gasteiger partial charge < -0.3 is 14.9 Å². The lowest BCUT2D eigenvalue weighted by Gasteiger charge is -2.09. The molecule has 2 heterocycles. The second-order valence-corrected chi connectivity index (χ2v) is 7.43. The van der Waals surface area contributed by atoms with Crippen LogP contribution in [0.2, 0.25) is 0 Å². The molecule has 6 nitrogen and oxygen atoms in total. The average Bonchev–Trinajstić information content (AvgIpc) is 3.13. The quantitative estimate of drug-likeness (QED) is 0.713. The Morgan fingerprint density at radius 2 is 2.08 bits per heavy atom. The van der Waals surface area contributed by atoms with Crippen LogP contribution in [-0.2, 0) is 19.3 Å². The summed E-state index contributed by atoms with van der Waals surface area (Å²) in [6.45, 7) is 7.64. The van der Waals surface area contributed by atoms with E-state index in [1.165, 1.54) is 16.9 Å². The van der Waals surface area contributed by atoms with Gasteiger partial charge in [-0.1, -0.05) is 18.5 Å². The SMILES string of the molecule is CCCCc1noc(C)c1CCc1nc(C)c(C(=O)N[C@@H](C)CO)s1. The molecule has 0 saturated heterocycles. The van der Waals surface area contributed by atoms with E-state index in [1.807, 2.05) is 13.8 Å². The number of thiazole rings is 1. The molecule has 0 aromatic carbocycles. The van der Waals surface area contributed by atoms with Gasteiger partial charge in [0.1, 0.15) is 10.6 Å². The number of rotatable bonds is 9. The number of hydrogen-bond donors (Lipinski definition) is 2. The van der Waals surface area contributed by atoms with Crippen LogP contribution in [-0.4, -0.2) is 33.8 Å². The lowest BCUT2D eigenvalue weighted by atomic mass is 10.0. The van der Waals surface area contributed by atoms with Gasteiger partial charge in [-0.05, 0) is 40.0 Å². The number of nitrogens with one attached hydrogen (secondary N) is 1. The van der Waals surface area contributed by atoms with Crippen molar-refractivity contribution in [1.82, 2.24) is 15.5 Å². The van der Waals surface area contributed by atoms with Crippen LogP contribution in [0.3, 0.4) is 0 Å². The zero-order chi connectivity index (χ0) is 18.4. The van der Waals surface area contributed by atoms with Gasteiger partial charge in [-0.2, -0.15) is 0 Å². The number of carbonyl (C=O) groups excluding carboxylic acids is 1. The first kappa shape index (κ1) is 19.6. The van der Waals surface area contributed by atoms with Gasteiger partial charge in [-0.25, -0.2) is 4.98 Å². The van der Waals surface area contributed by atoms with Crippen molar-refractivity contribution in [3.8, 4) is 0 Å². The molecule has 1 amide bonds. The number of aliphatic hydroxyl groups excluding tert-OH is 1. The van der Waals surface area contributed by atoms with Gasteiger partial charge in [0, 0.05) is 18.0 Å². The number of aliphatic hydroxyl groups is 1. The Morgan fingerprint density at radius 3 is 2.76 bits per heavy atom. The van der Waals surface area contributed by atoms with Crippen molar-refractivity contribution in [3.05, 3.63) is 32.6 Å². The van der Waals surface area contributed by atoms with Crippen molar-refractivity contribution in [3.63, 3.8) is 0 Å². The van der Waals surface area contributed by atoms with Gasteiger partial charge >= 0.3 is 0 Å². The molecule has 2 aromatic heterocycles. The van der Waals surface area contributed by atoms with E-state index < -0.39 is 0 Å². The molecule has 0 aliphatic heterocycles. The molecule has 0 radical (unpaired) electrons. The fraction of sp³-hybridized carbons (Fsp3) is 0.611. The number of aromatic nitrogens is 2. The molecule has 0 spiro atoms. The lowest BCUT2D eigenvalue weighted by molar-refractivity contribution is 0.0925. The summed E-state index contributed by atoms with van der Waals surface area (Å²) in [4.78, 5) is 17.4. The largest absolute Gasteiger partial charge is 0.394 e. The zero-order valence-corrected chi connectivity index (χ0v) is 16.2. The van der Waals surface area contributed by atoms with Gasteiger partial charge in [-0.15, -0.1) is 11.3 Å². The minimum atomic E-state index is -0.266. The molecular weight excluding hydrogens is 338 g/mol. The van der Waals surface area contributed by atoms with Gasteiger partial charge in [0.15, 0.2) is 0 Å². The van der Waals surface area contributed by atoms with Crippen LogP contribution < -0.4 is 5.32 Å². The summed E-state index contributed by atoms with van der Waals surface area (Å²) in [5.74, 6) is 0.696. The molecule has 0 fully saturated rings. The molecule has 0 unspecified atom stereocenters. The van der Waals surface area contributed by atoms with Crippen LogP contribution in [0.5, 0.6) is 0 Å². The summed E-state index contributed by atoms with van der Waals surface area (Å²) in [5.41, 5.74) is 2.94. The standard InChI is InChI=1S/C18H27N3O3S/c1-5-6-7-15-14(13(4)24-21-15)8-9-16-20-12(3)17(25-16)18(23)19-11(2)10-22/h11,22H,5-10H2,1-4H3,(H,19,23)/t11-/m0/s1. The lowest BCUT2D eigenvalue weighted by Crippen LogP contribution is -2.34. The molecular formula is C18H27N3O3S. The third-order valence-corrected chi connectivity index (χ3v) is 5.34. The second-order valence-electron chi connectivity index (χ2n) is 6.35. The van der Waals surface area contributed by atoms with Gasteiger partial charge in [0.2, 0.25) is 0 Å². The fourth-order valence-electron chi connectivity index (χ4n) is 2.63. The first-order valence-corrected chi connectivity index (χ1v) is 9.59. The highest BCUT2D eigenvalue weighted by atomic mass is 32.1. The van der Waals surface area contributed by atoms with Crippen LogP contribution in [0.1, 0.15) is 64.1 Å². The Balaban J connectivity index is 2.04. The first-order valence-electron chi connectivity index (χ1n) is 8.78. The highest BCUT2D eigenvalue weighted by molar-refractivity contribution is 7.13. The van der Waals surface area contributed by atoms with Crippen molar-refractivity contribution < 1.29 is 14.4 Å². The van der Waals surface area contributed by atoms with E-state index in [9.17, 15) is 4.79 Å². The predicted octanol–water partition coefficient (Wildman–Crippen LogP) is 2.99. The molecule has 7 heteroatoms.